The number of hydrogen-bond donors (Lipinski definition) is 1. The van der Waals surface area contributed by atoms with Crippen LogP contribution >= 0.6 is 0 Å². The largest absolute Gasteiger partial charge is 0.381 e. The highest BCUT2D eigenvalue weighted by atomic mass is 16.5. The predicted octanol–water partition coefficient (Wildman–Crippen LogP) is 2.47. The minimum atomic E-state index is 0.346. The molecule has 0 saturated carbocycles. The Kier molecular flexibility index (Phi) is 4.51. The molecule has 2 atom stereocenters. The van der Waals surface area contributed by atoms with E-state index in [0.29, 0.717) is 12.0 Å². The van der Waals surface area contributed by atoms with E-state index in [2.05, 4.69) is 30.2 Å². The fourth-order valence-electron chi connectivity index (χ4n) is 2.43. The van der Waals surface area contributed by atoms with Crippen molar-refractivity contribution < 1.29 is 4.74 Å². The van der Waals surface area contributed by atoms with Crippen molar-refractivity contribution in [2.75, 3.05) is 19.8 Å². The molecule has 0 spiro atoms. The third-order valence-corrected chi connectivity index (χ3v) is 3.40. The van der Waals surface area contributed by atoms with Gasteiger partial charge in [-0.3, -0.25) is 4.98 Å². The monoisotopic (exact) mass is 234 g/mol. The average molecular weight is 234 g/mol. The summed E-state index contributed by atoms with van der Waals surface area (Å²) in [7, 11) is 0. The zero-order valence-electron chi connectivity index (χ0n) is 10.8. The number of ether oxygens (including phenoxy) is 1. The van der Waals surface area contributed by atoms with E-state index in [4.69, 9.17) is 4.74 Å². The lowest BCUT2D eigenvalue weighted by Crippen LogP contribution is -2.30. The topological polar surface area (TPSA) is 34.2 Å². The number of aryl methyl sites for hydroxylation is 1. The van der Waals surface area contributed by atoms with Crippen LogP contribution in [0.25, 0.3) is 0 Å². The minimum Gasteiger partial charge on any atom is -0.381 e. The number of aromatic nitrogens is 1. The van der Waals surface area contributed by atoms with Gasteiger partial charge in [0.15, 0.2) is 0 Å². The number of nitrogens with one attached hydrogen (secondary N) is 1. The third kappa shape index (κ3) is 3.05. The summed E-state index contributed by atoms with van der Waals surface area (Å²) in [4.78, 5) is 4.56. The lowest BCUT2D eigenvalue weighted by atomic mass is 9.93. The molecule has 3 heteroatoms. The molecule has 2 rings (SSSR count). The van der Waals surface area contributed by atoms with E-state index in [1.807, 2.05) is 12.3 Å². The van der Waals surface area contributed by atoms with Gasteiger partial charge in [0.25, 0.3) is 0 Å². The summed E-state index contributed by atoms with van der Waals surface area (Å²) in [6.45, 7) is 7.12. The van der Waals surface area contributed by atoms with Crippen LogP contribution in [0, 0.1) is 12.8 Å². The number of pyridine rings is 1. The molecule has 1 aromatic heterocycles. The van der Waals surface area contributed by atoms with Crippen molar-refractivity contribution in [3.8, 4) is 0 Å². The highest BCUT2D eigenvalue weighted by molar-refractivity contribution is 5.22. The Labute approximate surface area is 104 Å². The Bertz CT molecular complexity index is 348. The van der Waals surface area contributed by atoms with Crippen LogP contribution in [0.4, 0.5) is 0 Å². The van der Waals surface area contributed by atoms with Crippen LogP contribution < -0.4 is 5.32 Å². The standard InChI is InChI=1S/C14H22N2O/c1-3-7-15-14(12-6-9-17-10-12)13-11(2)5-4-8-16-13/h4-5,8,12,14-15H,3,6-7,9-10H2,1-2H3. The van der Waals surface area contributed by atoms with Crippen molar-refractivity contribution in [2.45, 2.75) is 32.7 Å². The van der Waals surface area contributed by atoms with Gasteiger partial charge >= 0.3 is 0 Å². The van der Waals surface area contributed by atoms with Gasteiger partial charge in [0, 0.05) is 18.7 Å². The van der Waals surface area contributed by atoms with Gasteiger partial charge in [-0.2, -0.15) is 0 Å². The molecule has 94 valence electrons. The van der Waals surface area contributed by atoms with Crippen LogP contribution in [0.1, 0.15) is 37.1 Å². The van der Waals surface area contributed by atoms with Gasteiger partial charge in [0.1, 0.15) is 0 Å². The smallest absolute Gasteiger partial charge is 0.0605 e. The van der Waals surface area contributed by atoms with Crippen molar-refractivity contribution in [1.82, 2.24) is 10.3 Å². The number of nitrogens with zero attached hydrogens (tertiary/aromatic N) is 1. The van der Waals surface area contributed by atoms with Gasteiger partial charge in [0.2, 0.25) is 0 Å². The Morgan fingerprint density at radius 1 is 1.59 bits per heavy atom. The van der Waals surface area contributed by atoms with Crippen molar-refractivity contribution in [1.29, 1.82) is 0 Å². The van der Waals surface area contributed by atoms with Gasteiger partial charge in [-0.25, -0.2) is 0 Å². The summed E-state index contributed by atoms with van der Waals surface area (Å²) in [5.41, 5.74) is 2.46. The number of rotatable bonds is 5. The first-order valence-corrected chi connectivity index (χ1v) is 6.55. The normalized spacial score (nSPS) is 21.6. The summed E-state index contributed by atoms with van der Waals surface area (Å²) < 4.78 is 5.51. The average Bonchev–Trinajstić information content (AvgIpc) is 2.85. The zero-order valence-corrected chi connectivity index (χ0v) is 10.8. The molecular formula is C14H22N2O. The molecule has 0 aliphatic carbocycles. The third-order valence-electron chi connectivity index (χ3n) is 3.40. The molecule has 0 amide bonds. The summed E-state index contributed by atoms with van der Waals surface area (Å²) in [6.07, 6.45) is 4.17. The van der Waals surface area contributed by atoms with Crippen LogP contribution in [0.15, 0.2) is 18.3 Å². The Morgan fingerprint density at radius 3 is 3.12 bits per heavy atom. The molecule has 1 aromatic rings. The highest BCUT2D eigenvalue weighted by Crippen LogP contribution is 2.29. The zero-order chi connectivity index (χ0) is 12.1. The minimum absolute atomic E-state index is 0.346. The first kappa shape index (κ1) is 12.5. The molecule has 17 heavy (non-hydrogen) atoms. The molecule has 0 bridgehead atoms. The Morgan fingerprint density at radius 2 is 2.47 bits per heavy atom. The lowest BCUT2D eigenvalue weighted by Gasteiger charge is -2.24. The van der Waals surface area contributed by atoms with Gasteiger partial charge in [-0.1, -0.05) is 13.0 Å². The Balaban J connectivity index is 2.16. The first-order chi connectivity index (χ1) is 8.33. The van der Waals surface area contributed by atoms with Crippen LogP contribution in [0.5, 0.6) is 0 Å². The molecule has 1 fully saturated rings. The molecule has 1 aliphatic heterocycles. The van der Waals surface area contributed by atoms with E-state index in [1.54, 1.807) is 0 Å². The van der Waals surface area contributed by atoms with Gasteiger partial charge in [0.05, 0.1) is 18.3 Å². The quantitative estimate of drug-likeness (QED) is 0.850. The fourth-order valence-corrected chi connectivity index (χ4v) is 2.43. The highest BCUT2D eigenvalue weighted by Gasteiger charge is 2.28. The van der Waals surface area contributed by atoms with Gasteiger partial charge in [-0.15, -0.1) is 0 Å². The first-order valence-electron chi connectivity index (χ1n) is 6.55. The SMILES string of the molecule is CCCNC(c1ncccc1C)C1CCOC1. The van der Waals surface area contributed by atoms with Crippen molar-refractivity contribution in [3.05, 3.63) is 29.6 Å². The second-order valence-corrected chi connectivity index (χ2v) is 4.76. The summed E-state index contributed by atoms with van der Waals surface area (Å²) in [6, 6.07) is 4.48. The Hall–Kier alpha value is -0.930. The molecular weight excluding hydrogens is 212 g/mol. The predicted molar refractivity (Wildman–Crippen MR) is 68.9 cm³/mol. The summed E-state index contributed by atoms with van der Waals surface area (Å²) in [5, 5.41) is 3.63. The summed E-state index contributed by atoms with van der Waals surface area (Å²) >= 11 is 0. The van der Waals surface area contributed by atoms with Crippen LogP contribution in [0.2, 0.25) is 0 Å². The molecule has 0 radical (unpaired) electrons. The molecule has 3 nitrogen and oxygen atoms in total. The molecule has 1 N–H and O–H groups in total. The second kappa shape index (κ2) is 6.12. The fraction of sp³-hybridized carbons (Fsp3) is 0.643. The maximum absolute atomic E-state index is 5.51. The van der Waals surface area contributed by atoms with E-state index in [0.717, 1.165) is 32.6 Å². The van der Waals surface area contributed by atoms with E-state index < -0.39 is 0 Å². The molecule has 1 aliphatic rings. The lowest BCUT2D eigenvalue weighted by molar-refractivity contribution is 0.176. The van der Waals surface area contributed by atoms with Crippen LogP contribution in [0.3, 0.4) is 0 Å². The molecule has 2 unspecified atom stereocenters. The summed E-state index contributed by atoms with van der Waals surface area (Å²) in [5.74, 6) is 0.565. The van der Waals surface area contributed by atoms with Crippen LogP contribution in [-0.2, 0) is 4.74 Å². The second-order valence-electron chi connectivity index (χ2n) is 4.76. The molecule has 2 heterocycles. The van der Waals surface area contributed by atoms with Gasteiger partial charge < -0.3 is 10.1 Å². The van der Waals surface area contributed by atoms with E-state index in [1.165, 1.54) is 11.3 Å². The van der Waals surface area contributed by atoms with Crippen molar-refractivity contribution in [2.24, 2.45) is 5.92 Å². The van der Waals surface area contributed by atoms with Crippen LogP contribution in [-0.4, -0.2) is 24.7 Å². The molecule has 0 aromatic carbocycles. The number of hydrogen-bond acceptors (Lipinski definition) is 3. The van der Waals surface area contributed by atoms with Crippen molar-refractivity contribution in [3.63, 3.8) is 0 Å². The van der Waals surface area contributed by atoms with E-state index in [-0.39, 0.29) is 0 Å². The molecule has 1 saturated heterocycles. The maximum atomic E-state index is 5.51. The van der Waals surface area contributed by atoms with Crippen molar-refractivity contribution >= 4 is 0 Å². The van der Waals surface area contributed by atoms with E-state index in [9.17, 15) is 0 Å². The maximum Gasteiger partial charge on any atom is 0.0605 e. The van der Waals surface area contributed by atoms with E-state index >= 15 is 0 Å². The van der Waals surface area contributed by atoms with Gasteiger partial charge in [-0.05, 0) is 37.9 Å².